The Balaban J connectivity index is 2.56. The number of carbonyl (C=O) groups is 1. The number of rotatable bonds is 14. The molecule has 0 aromatic heterocycles. The maximum atomic E-state index is 11.1. The number of carbonyl (C=O) groups excluding carboxylic acids is 1. The number of ketones is 1. The van der Waals surface area contributed by atoms with Crippen LogP contribution in [0.25, 0.3) is 0 Å². The average molecular weight is 395 g/mol. The minimum atomic E-state index is -0.921. The summed E-state index contributed by atoms with van der Waals surface area (Å²) in [5.41, 5.74) is -0.921. The first-order valence-corrected chi connectivity index (χ1v) is 10.5. The second kappa shape index (κ2) is 13.0. The molecule has 0 bridgehead atoms. The van der Waals surface area contributed by atoms with E-state index in [0.29, 0.717) is 38.5 Å². The Bertz CT molecular complexity index is 527. The molecule has 0 amide bonds. The summed E-state index contributed by atoms with van der Waals surface area (Å²) in [6.07, 6.45) is 14.2. The van der Waals surface area contributed by atoms with E-state index in [4.69, 9.17) is 5.11 Å². The molecule has 0 radical (unpaired) electrons. The Labute approximate surface area is 169 Å². The Kier molecular flexibility index (Phi) is 11.5. The molecule has 1 fully saturated rings. The van der Waals surface area contributed by atoms with E-state index < -0.39 is 24.4 Å². The van der Waals surface area contributed by atoms with Gasteiger partial charge in [-0.2, -0.15) is 0 Å². The lowest BCUT2D eigenvalue weighted by Gasteiger charge is -2.23. The van der Waals surface area contributed by atoms with Crippen molar-refractivity contribution in [2.24, 2.45) is 11.8 Å². The molecule has 0 aromatic rings. The molecular formula is C23H38O5. The summed E-state index contributed by atoms with van der Waals surface area (Å²) >= 11 is 0. The number of aliphatic hydroxyl groups is 4. The molecule has 160 valence electrons. The van der Waals surface area contributed by atoms with Gasteiger partial charge in [-0.25, -0.2) is 0 Å². The first-order valence-electron chi connectivity index (χ1n) is 10.5. The smallest absolute Gasteiger partial charge is 0.158 e. The average Bonchev–Trinajstić information content (AvgIpc) is 2.95. The maximum absolute atomic E-state index is 11.1. The van der Waals surface area contributed by atoms with Gasteiger partial charge in [0.2, 0.25) is 0 Å². The van der Waals surface area contributed by atoms with E-state index >= 15 is 0 Å². The maximum Gasteiger partial charge on any atom is 0.158 e. The van der Waals surface area contributed by atoms with Crippen molar-refractivity contribution >= 4 is 5.78 Å². The SMILES string of the molecule is C=CC(O)(C/C=C/[C@@H]1[C@@H](C/C=C\CCCC(=O)CO)[C@@H](O)C[C@H]1O)CCCC. The summed E-state index contributed by atoms with van der Waals surface area (Å²) < 4.78 is 0. The van der Waals surface area contributed by atoms with Gasteiger partial charge in [-0.3, -0.25) is 4.79 Å². The van der Waals surface area contributed by atoms with Crippen LogP contribution in [-0.4, -0.2) is 50.6 Å². The molecular weight excluding hydrogens is 356 g/mol. The van der Waals surface area contributed by atoms with E-state index in [1.165, 1.54) is 0 Å². The molecule has 0 heterocycles. The third kappa shape index (κ3) is 8.39. The van der Waals surface area contributed by atoms with Gasteiger partial charge in [-0.1, -0.05) is 50.1 Å². The zero-order valence-corrected chi connectivity index (χ0v) is 17.2. The molecule has 1 rings (SSSR count). The normalized spacial score (nSPS) is 27.5. The molecule has 4 N–H and O–H groups in total. The molecule has 1 aliphatic carbocycles. The molecule has 5 heteroatoms. The van der Waals surface area contributed by atoms with Gasteiger partial charge in [0.05, 0.1) is 17.8 Å². The van der Waals surface area contributed by atoms with Crippen LogP contribution < -0.4 is 0 Å². The van der Waals surface area contributed by atoms with Gasteiger partial charge in [0.1, 0.15) is 6.61 Å². The Morgan fingerprint density at radius 1 is 1.18 bits per heavy atom. The second-order valence-corrected chi connectivity index (χ2v) is 7.95. The molecule has 0 saturated heterocycles. The van der Waals surface area contributed by atoms with Crippen molar-refractivity contribution in [1.29, 1.82) is 0 Å². The van der Waals surface area contributed by atoms with Crippen molar-refractivity contribution in [3.8, 4) is 0 Å². The molecule has 5 nitrogen and oxygen atoms in total. The van der Waals surface area contributed by atoms with Crippen LogP contribution >= 0.6 is 0 Å². The predicted molar refractivity (Wildman–Crippen MR) is 112 cm³/mol. The van der Waals surface area contributed by atoms with Gasteiger partial charge < -0.3 is 20.4 Å². The van der Waals surface area contributed by atoms with Crippen molar-refractivity contribution in [1.82, 2.24) is 0 Å². The van der Waals surface area contributed by atoms with Crippen LogP contribution in [-0.2, 0) is 4.79 Å². The van der Waals surface area contributed by atoms with Crippen molar-refractivity contribution in [2.75, 3.05) is 6.61 Å². The molecule has 5 atom stereocenters. The van der Waals surface area contributed by atoms with Gasteiger partial charge >= 0.3 is 0 Å². The first kappa shape index (κ1) is 24.8. The zero-order chi connectivity index (χ0) is 21.0. The van der Waals surface area contributed by atoms with Crippen LogP contribution in [0.2, 0.25) is 0 Å². The van der Waals surface area contributed by atoms with E-state index in [1.54, 1.807) is 6.08 Å². The summed E-state index contributed by atoms with van der Waals surface area (Å²) in [6.45, 7) is 5.42. The third-order valence-corrected chi connectivity index (χ3v) is 5.67. The fraction of sp³-hybridized carbons (Fsp3) is 0.696. The number of hydrogen-bond donors (Lipinski definition) is 4. The quantitative estimate of drug-likeness (QED) is 0.268. The summed E-state index contributed by atoms with van der Waals surface area (Å²) in [5.74, 6) is -0.351. The van der Waals surface area contributed by atoms with E-state index in [2.05, 4.69) is 13.5 Å². The lowest BCUT2D eigenvalue weighted by Crippen LogP contribution is -2.25. The zero-order valence-electron chi connectivity index (χ0n) is 17.2. The fourth-order valence-electron chi connectivity index (χ4n) is 3.77. The Morgan fingerprint density at radius 3 is 2.57 bits per heavy atom. The summed E-state index contributed by atoms with van der Waals surface area (Å²) in [6, 6.07) is 0. The minimum absolute atomic E-state index is 0.0611. The van der Waals surface area contributed by atoms with Crippen LogP contribution in [0.1, 0.15) is 64.7 Å². The van der Waals surface area contributed by atoms with Gasteiger partial charge in [0, 0.05) is 18.8 Å². The van der Waals surface area contributed by atoms with E-state index in [-0.39, 0.29) is 17.6 Å². The second-order valence-electron chi connectivity index (χ2n) is 7.95. The Hall–Kier alpha value is -1.27. The van der Waals surface area contributed by atoms with E-state index in [9.17, 15) is 20.1 Å². The fourth-order valence-corrected chi connectivity index (χ4v) is 3.77. The molecule has 1 saturated carbocycles. The summed E-state index contributed by atoms with van der Waals surface area (Å²) in [5, 5.41) is 39.9. The van der Waals surface area contributed by atoms with Crippen LogP contribution in [0.5, 0.6) is 0 Å². The van der Waals surface area contributed by atoms with Crippen molar-refractivity contribution < 1.29 is 25.2 Å². The highest BCUT2D eigenvalue weighted by Crippen LogP contribution is 2.36. The van der Waals surface area contributed by atoms with Crippen molar-refractivity contribution in [2.45, 2.75) is 82.5 Å². The molecule has 0 spiro atoms. The first-order chi connectivity index (χ1) is 13.4. The monoisotopic (exact) mass is 394 g/mol. The Morgan fingerprint density at radius 2 is 1.93 bits per heavy atom. The highest BCUT2D eigenvalue weighted by Gasteiger charge is 2.39. The van der Waals surface area contributed by atoms with Gasteiger partial charge in [-0.15, -0.1) is 6.58 Å². The molecule has 28 heavy (non-hydrogen) atoms. The number of unbranched alkanes of at least 4 members (excludes halogenated alkanes) is 2. The third-order valence-electron chi connectivity index (χ3n) is 5.67. The summed E-state index contributed by atoms with van der Waals surface area (Å²) in [7, 11) is 0. The van der Waals surface area contributed by atoms with Gasteiger partial charge in [0.15, 0.2) is 5.78 Å². The van der Waals surface area contributed by atoms with Gasteiger partial charge in [0.25, 0.3) is 0 Å². The number of aliphatic hydroxyl groups excluding tert-OH is 3. The van der Waals surface area contributed by atoms with Gasteiger partial charge in [-0.05, 0) is 38.0 Å². The predicted octanol–water partition coefficient (Wildman–Crippen LogP) is 3.08. The lowest BCUT2D eigenvalue weighted by molar-refractivity contribution is -0.121. The highest BCUT2D eigenvalue weighted by molar-refractivity contribution is 5.79. The van der Waals surface area contributed by atoms with Crippen LogP contribution in [0, 0.1) is 11.8 Å². The topological polar surface area (TPSA) is 98.0 Å². The molecule has 1 aliphatic rings. The van der Waals surface area contributed by atoms with Crippen molar-refractivity contribution in [3.63, 3.8) is 0 Å². The van der Waals surface area contributed by atoms with E-state index in [0.717, 1.165) is 19.3 Å². The molecule has 1 unspecified atom stereocenters. The minimum Gasteiger partial charge on any atom is -0.393 e. The summed E-state index contributed by atoms with van der Waals surface area (Å²) in [4.78, 5) is 11.1. The largest absolute Gasteiger partial charge is 0.393 e. The molecule has 0 aliphatic heterocycles. The number of hydrogen-bond acceptors (Lipinski definition) is 5. The lowest BCUT2D eigenvalue weighted by atomic mass is 9.88. The van der Waals surface area contributed by atoms with Crippen molar-refractivity contribution in [3.05, 3.63) is 37.0 Å². The number of Topliss-reactive ketones (excluding diaryl/α,β-unsaturated/α-hetero) is 1. The number of allylic oxidation sites excluding steroid dienone is 2. The van der Waals surface area contributed by atoms with Crippen LogP contribution in [0.15, 0.2) is 37.0 Å². The van der Waals surface area contributed by atoms with Crippen LogP contribution in [0.4, 0.5) is 0 Å². The van der Waals surface area contributed by atoms with E-state index in [1.807, 2.05) is 24.3 Å². The molecule has 0 aromatic carbocycles. The highest BCUT2D eigenvalue weighted by atomic mass is 16.3. The standard InChI is InChI=1S/C23H38O5/c1-3-5-14-23(28,4-2)15-10-13-20-19(21(26)16-22(20)27)12-9-7-6-8-11-18(25)17-24/h4,7,9-10,13,19-22,24,26-28H,2-3,5-6,8,11-12,14-17H2,1H3/b9-7-,13-10+/t19-,20-,21+,22-,23?/m1/s1. The van der Waals surface area contributed by atoms with Crippen LogP contribution in [0.3, 0.4) is 0 Å².